The van der Waals surface area contributed by atoms with Crippen molar-refractivity contribution in [1.29, 1.82) is 0 Å². The van der Waals surface area contributed by atoms with Gasteiger partial charge in [0.1, 0.15) is 5.75 Å². The number of amides is 1. The molecule has 0 aromatic heterocycles. The van der Waals surface area contributed by atoms with E-state index in [1.807, 2.05) is 44.2 Å². The van der Waals surface area contributed by atoms with Crippen LogP contribution in [0.2, 0.25) is 0 Å². The third-order valence-corrected chi connectivity index (χ3v) is 4.34. The summed E-state index contributed by atoms with van der Waals surface area (Å²) in [5, 5.41) is 2.70. The lowest BCUT2D eigenvalue weighted by atomic mass is 9.86. The Morgan fingerprint density at radius 2 is 1.69 bits per heavy atom. The molecule has 2 aromatic carbocycles. The molecule has 0 unspecified atom stereocenters. The number of hydrogen-bond acceptors (Lipinski definition) is 4. The number of benzene rings is 2. The van der Waals surface area contributed by atoms with Gasteiger partial charge in [-0.3, -0.25) is 9.59 Å². The number of anilines is 1. The monoisotopic (exact) mass is 355 g/mol. The lowest BCUT2D eigenvalue weighted by Gasteiger charge is -2.21. The SMILES string of the molecule is CC[C@@H](C)[C@H](C(=O)OCC(=O)Nc1ccc(OC)cc1)c1ccccc1. The van der Waals surface area contributed by atoms with Crippen LogP contribution in [0.25, 0.3) is 0 Å². The van der Waals surface area contributed by atoms with Crippen LogP contribution in [0.4, 0.5) is 5.69 Å². The molecule has 0 saturated carbocycles. The summed E-state index contributed by atoms with van der Waals surface area (Å²) in [6.07, 6.45) is 0.840. The van der Waals surface area contributed by atoms with E-state index in [0.29, 0.717) is 11.4 Å². The van der Waals surface area contributed by atoms with Crippen LogP contribution >= 0.6 is 0 Å². The summed E-state index contributed by atoms with van der Waals surface area (Å²) in [5.41, 5.74) is 1.52. The van der Waals surface area contributed by atoms with E-state index >= 15 is 0 Å². The Labute approximate surface area is 154 Å². The maximum Gasteiger partial charge on any atom is 0.314 e. The standard InChI is InChI=1S/C21H25NO4/c1-4-15(2)20(16-8-6-5-7-9-16)21(24)26-14-19(23)22-17-10-12-18(25-3)13-11-17/h5-13,15,20H,4,14H2,1-3H3,(H,22,23)/t15-,20+/m1/s1. The Kier molecular flexibility index (Phi) is 7.21. The van der Waals surface area contributed by atoms with Gasteiger partial charge in [0.25, 0.3) is 5.91 Å². The first kappa shape index (κ1) is 19.5. The molecule has 2 aromatic rings. The summed E-state index contributed by atoms with van der Waals surface area (Å²) in [6.45, 7) is 3.73. The van der Waals surface area contributed by atoms with Crippen LogP contribution < -0.4 is 10.1 Å². The lowest BCUT2D eigenvalue weighted by Crippen LogP contribution is -2.26. The molecule has 0 aliphatic heterocycles. The van der Waals surface area contributed by atoms with E-state index in [1.165, 1.54) is 0 Å². The largest absolute Gasteiger partial charge is 0.497 e. The van der Waals surface area contributed by atoms with Gasteiger partial charge >= 0.3 is 5.97 Å². The van der Waals surface area contributed by atoms with Crippen LogP contribution in [-0.4, -0.2) is 25.6 Å². The highest BCUT2D eigenvalue weighted by Gasteiger charge is 2.27. The maximum atomic E-state index is 12.6. The third-order valence-electron chi connectivity index (χ3n) is 4.34. The molecule has 5 nitrogen and oxygen atoms in total. The quantitative estimate of drug-likeness (QED) is 0.727. The minimum atomic E-state index is -0.380. The fourth-order valence-electron chi connectivity index (χ4n) is 2.69. The highest BCUT2D eigenvalue weighted by molar-refractivity contribution is 5.93. The van der Waals surface area contributed by atoms with E-state index in [0.717, 1.165) is 12.0 Å². The Hall–Kier alpha value is -2.82. The van der Waals surface area contributed by atoms with Gasteiger partial charge < -0.3 is 14.8 Å². The molecule has 0 fully saturated rings. The zero-order valence-electron chi connectivity index (χ0n) is 15.4. The molecule has 2 rings (SSSR count). The first-order chi connectivity index (χ1) is 12.5. The molecule has 0 aliphatic rings. The van der Waals surface area contributed by atoms with Gasteiger partial charge in [-0.05, 0) is 35.7 Å². The molecule has 5 heteroatoms. The van der Waals surface area contributed by atoms with Crippen LogP contribution in [0.5, 0.6) is 5.75 Å². The number of hydrogen-bond donors (Lipinski definition) is 1. The van der Waals surface area contributed by atoms with Crippen LogP contribution in [0.3, 0.4) is 0 Å². The van der Waals surface area contributed by atoms with E-state index in [4.69, 9.17) is 9.47 Å². The van der Waals surface area contributed by atoms with Crippen molar-refractivity contribution in [2.24, 2.45) is 5.92 Å². The normalized spacial score (nSPS) is 12.7. The molecular formula is C21H25NO4. The number of carbonyl (C=O) groups excluding carboxylic acids is 2. The second kappa shape index (κ2) is 9.61. The second-order valence-electron chi connectivity index (χ2n) is 6.16. The van der Waals surface area contributed by atoms with Crippen molar-refractivity contribution in [1.82, 2.24) is 0 Å². The highest BCUT2D eigenvalue weighted by Crippen LogP contribution is 2.28. The smallest absolute Gasteiger partial charge is 0.314 e. The van der Waals surface area contributed by atoms with E-state index in [2.05, 4.69) is 5.32 Å². The highest BCUT2D eigenvalue weighted by atomic mass is 16.5. The fraction of sp³-hybridized carbons (Fsp3) is 0.333. The zero-order chi connectivity index (χ0) is 18.9. The van der Waals surface area contributed by atoms with Crippen LogP contribution in [0.1, 0.15) is 31.7 Å². The van der Waals surface area contributed by atoms with E-state index in [9.17, 15) is 9.59 Å². The summed E-state index contributed by atoms with van der Waals surface area (Å²) in [4.78, 5) is 24.6. The minimum absolute atomic E-state index is 0.120. The molecule has 0 bridgehead atoms. The van der Waals surface area contributed by atoms with Crippen molar-refractivity contribution in [3.63, 3.8) is 0 Å². The van der Waals surface area contributed by atoms with E-state index in [-0.39, 0.29) is 30.3 Å². The van der Waals surface area contributed by atoms with Gasteiger partial charge in [0.05, 0.1) is 13.0 Å². The van der Waals surface area contributed by atoms with Gasteiger partial charge in [-0.25, -0.2) is 0 Å². The molecule has 2 atom stereocenters. The minimum Gasteiger partial charge on any atom is -0.497 e. The average molecular weight is 355 g/mol. The summed E-state index contributed by atoms with van der Waals surface area (Å²) in [7, 11) is 1.58. The van der Waals surface area contributed by atoms with E-state index in [1.54, 1.807) is 31.4 Å². The summed E-state index contributed by atoms with van der Waals surface area (Å²) in [6, 6.07) is 16.5. The Morgan fingerprint density at radius 1 is 1.04 bits per heavy atom. The summed E-state index contributed by atoms with van der Waals surface area (Å²) in [5.74, 6) is -0.312. The van der Waals surface area contributed by atoms with Gasteiger partial charge in [0.2, 0.25) is 0 Å². The molecule has 1 amide bonds. The van der Waals surface area contributed by atoms with Crippen molar-refractivity contribution >= 4 is 17.6 Å². The first-order valence-electron chi connectivity index (χ1n) is 8.70. The Morgan fingerprint density at radius 3 is 2.27 bits per heavy atom. The molecule has 0 spiro atoms. The lowest BCUT2D eigenvalue weighted by molar-refractivity contribution is -0.150. The molecule has 0 radical (unpaired) electrons. The molecule has 138 valence electrons. The fourth-order valence-corrected chi connectivity index (χ4v) is 2.69. The average Bonchev–Trinajstić information content (AvgIpc) is 2.68. The number of nitrogens with one attached hydrogen (secondary N) is 1. The molecule has 0 heterocycles. The van der Waals surface area contributed by atoms with Gasteiger partial charge in [-0.2, -0.15) is 0 Å². The van der Waals surface area contributed by atoms with Gasteiger partial charge in [0, 0.05) is 5.69 Å². The topological polar surface area (TPSA) is 64.6 Å². The van der Waals surface area contributed by atoms with Crippen molar-refractivity contribution in [3.05, 3.63) is 60.2 Å². The van der Waals surface area contributed by atoms with Crippen molar-refractivity contribution in [3.8, 4) is 5.75 Å². The number of methoxy groups -OCH3 is 1. The molecule has 0 saturated heterocycles. The number of carbonyl (C=O) groups is 2. The van der Waals surface area contributed by atoms with Crippen molar-refractivity contribution < 1.29 is 19.1 Å². The predicted octanol–water partition coefficient (Wildman–Crippen LogP) is 4.01. The molecule has 0 aliphatic carbocycles. The van der Waals surface area contributed by atoms with Gasteiger partial charge in [-0.15, -0.1) is 0 Å². The number of ether oxygens (including phenoxy) is 2. The second-order valence-corrected chi connectivity index (χ2v) is 6.16. The summed E-state index contributed by atoms with van der Waals surface area (Å²) >= 11 is 0. The van der Waals surface area contributed by atoms with Crippen LogP contribution in [-0.2, 0) is 14.3 Å². The predicted molar refractivity (Wildman–Crippen MR) is 101 cm³/mol. The first-order valence-corrected chi connectivity index (χ1v) is 8.70. The maximum absolute atomic E-state index is 12.6. The van der Waals surface area contributed by atoms with E-state index < -0.39 is 0 Å². The Balaban J connectivity index is 1.95. The van der Waals surface area contributed by atoms with Crippen molar-refractivity contribution in [2.75, 3.05) is 19.0 Å². The molecule has 1 N–H and O–H groups in total. The Bertz CT molecular complexity index is 713. The number of rotatable bonds is 8. The van der Waals surface area contributed by atoms with Gasteiger partial charge in [-0.1, -0.05) is 50.6 Å². The van der Waals surface area contributed by atoms with Crippen LogP contribution in [0.15, 0.2) is 54.6 Å². The van der Waals surface area contributed by atoms with Crippen molar-refractivity contribution in [2.45, 2.75) is 26.2 Å². The summed E-state index contributed by atoms with van der Waals surface area (Å²) < 4.78 is 10.4. The zero-order valence-corrected chi connectivity index (χ0v) is 15.4. The number of esters is 1. The van der Waals surface area contributed by atoms with Gasteiger partial charge in [0.15, 0.2) is 6.61 Å². The third kappa shape index (κ3) is 5.34. The van der Waals surface area contributed by atoms with Crippen LogP contribution in [0, 0.1) is 5.92 Å². The molecular weight excluding hydrogens is 330 g/mol. The molecule has 26 heavy (non-hydrogen) atoms.